The van der Waals surface area contributed by atoms with Crippen LogP contribution in [0.2, 0.25) is 0 Å². The van der Waals surface area contributed by atoms with Crippen molar-refractivity contribution in [2.45, 2.75) is 0 Å². The molecule has 0 atom stereocenters. The van der Waals surface area contributed by atoms with Crippen LogP contribution in [-0.4, -0.2) is 9.55 Å². The van der Waals surface area contributed by atoms with Crippen LogP contribution in [0.15, 0.2) is 89.4 Å². The summed E-state index contributed by atoms with van der Waals surface area (Å²) in [5.74, 6) is 0. The van der Waals surface area contributed by atoms with E-state index in [4.69, 9.17) is 0 Å². The summed E-state index contributed by atoms with van der Waals surface area (Å²) >= 11 is 3.88. The van der Waals surface area contributed by atoms with Crippen LogP contribution in [0.1, 0.15) is 0 Å². The molecule has 27 heavy (non-hydrogen) atoms. The number of nitrogens with zero attached hydrogens (tertiary/aromatic N) is 1. The van der Waals surface area contributed by atoms with E-state index in [1.165, 1.54) is 49.3 Å². The fourth-order valence-corrected chi connectivity index (χ4v) is 4.87. The molecule has 1 N–H and O–H groups in total. The minimum absolute atomic E-state index is 1.11. The van der Waals surface area contributed by atoms with Crippen LogP contribution in [0.3, 0.4) is 0 Å². The molecule has 3 heteroatoms. The van der Waals surface area contributed by atoms with Gasteiger partial charge in [-0.1, -0.05) is 54.6 Å². The van der Waals surface area contributed by atoms with Gasteiger partial charge in [-0.05, 0) is 46.3 Å². The predicted octanol–water partition coefficient (Wildman–Crippen LogP) is 7.18. The molecule has 2 aromatic heterocycles. The Hall–Kier alpha value is -3.04. The molecule has 6 rings (SSSR count). The lowest BCUT2D eigenvalue weighted by atomic mass is 10.1. The van der Waals surface area contributed by atoms with Crippen molar-refractivity contribution in [2.75, 3.05) is 0 Å². The maximum atomic E-state index is 3.88. The zero-order valence-corrected chi connectivity index (χ0v) is 16.0. The van der Waals surface area contributed by atoms with Crippen LogP contribution in [0.5, 0.6) is 0 Å². The smallest absolute Gasteiger partial charge is 0.0704 e. The molecule has 4 aromatic carbocycles. The van der Waals surface area contributed by atoms with Crippen LogP contribution < -0.4 is 0 Å². The summed E-state index contributed by atoms with van der Waals surface area (Å²) in [5.41, 5.74) is 5.94. The number of halogens is 1. The number of benzene rings is 4. The molecule has 0 spiro atoms. The third-order valence-corrected chi connectivity index (χ3v) is 5.99. The topological polar surface area (TPSA) is 20.7 Å². The summed E-state index contributed by atoms with van der Waals surface area (Å²) in [6.45, 7) is 0. The standard InChI is InChI=1S/C24H15BrN2/c25-19-14-18-16-10-4-6-12-20(16)26-23(18)22-17-11-5-7-13-21(17)27(24(19)22)15-8-2-1-3-9-15/h1-14,26H. The number of aromatic amines is 1. The number of H-pyrrole nitrogens is 1. The molecular weight excluding hydrogens is 396 g/mol. The van der Waals surface area contributed by atoms with Gasteiger partial charge in [0.25, 0.3) is 0 Å². The summed E-state index contributed by atoms with van der Waals surface area (Å²) in [6.07, 6.45) is 0. The van der Waals surface area contributed by atoms with E-state index < -0.39 is 0 Å². The highest BCUT2D eigenvalue weighted by Crippen LogP contribution is 2.42. The molecule has 0 fully saturated rings. The third kappa shape index (κ3) is 2.00. The lowest BCUT2D eigenvalue weighted by Gasteiger charge is -2.09. The van der Waals surface area contributed by atoms with E-state index in [-0.39, 0.29) is 0 Å². The first kappa shape index (κ1) is 15.1. The normalized spacial score (nSPS) is 11.9. The number of para-hydroxylation sites is 3. The highest BCUT2D eigenvalue weighted by molar-refractivity contribution is 9.10. The van der Waals surface area contributed by atoms with E-state index in [9.17, 15) is 0 Å². The highest BCUT2D eigenvalue weighted by atomic mass is 79.9. The Morgan fingerprint density at radius 2 is 1.41 bits per heavy atom. The van der Waals surface area contributed by atoms with Crippen LogP contribution in [0.4, 0.5) is 0 Å². The first-order valence-electron chi connectivity index (χ1n) is 9.00. The van der Waals surface area contributed by atoms with Crippen molar-refractivity contribution in [3.63, 3.8) is 0 Å². The van der Waals surface area contributed by atoms with Crippen LogP contribution >= 0.6 is 15.9 Å². The molecule has 2 heterocycles. The maximum absolute atomic E-state index is 3.88. The van der Waals surface area contributed by atoms with Crippen molar-refractivity contribution in [1.29, 1.82) is 0 Å². The van der Waals surface area contributed by atoms with E-state index in [2.05, 4.69) is 110 Å². The first-order chi connectivity index (χ1) is 13.3. The van der Waals surface area contributed by atoms with E-state index in [0.29, 0.717) is 0 Å². The molecule has 6 aromatic rings. The lowest BCUT2D eigenvalue weighted by Crippen LogP contribution is -1.93. The quantitative estimate of drug-likeness (QED) is 0.296. The molecule has 0 aliphatic heterocycles. The van der Waals surface area contributed by atoms with Gasteiger partial charge in [0, 0.05) is 37.2 Å². The molecule has 0 amide bonds. The average Bonchev–Trinajstić information content (AvgIpc) is 3.25. The maximum Gasteiger partial charge on any atom is 0.0704 e. The fourth-order valence-electron chi connectivity index (χ4n) is 4.27. The van der Waals surface area contributed by atoms with Gasteiger partial charge in [-0.15, -0.1) is 0 Å². The molecular formula is C24H15BrN2. The Labute approximate surface area is 164 Å². The number of aromatic nitrogens is 2. The van der Waals surface area contributed by atoms with E-state index in [0.717, 1.165) is 4.47 Å². The summed E-state index contributed by atoms with van der Waals surface area (Å²) < 4.78 is 3.45. The predicted molar refractivity (Wildman–Crippen MR) is 118 cm³/mol. The molecule has 0 saturated carbocycles. The van der Waals surface area contributed by atoms with Crippen molar-refractivity contribution in [3.05, 3.63) is 89.4 Å². The van der Waals surface area contributed by atoms with Gasteiger partial charge in [0.2, 0.25) is 0 Å². The van der Waals surface area contributed by atoms with Gasteiger partial charge in [0.1, 0.15) is 0 Å². The molecule has 0 saturated heterocycles. The fraction of sp³-hybridized carbons (Fsp3) is 0. The van der Waals surface area contributed by atoms with Gasteiger partial charge in [-0.2, -0.15) is 0 Å². The summed E-state index contributed by atoms with van der Waals surface area (Å²) in [6, 6.07) is 29.9. The molecule has 0 aliphatic carbocycles. The second-order valence-electron chi connectivity index (χ2n) is 6.86. The highest BCUT2D eigenvalue weighted by Gasteiger charge is 2.19. The Morgan fingerprint density at radius 1 is 0.704 bits per heavy atom. The van der Waals surface area contributed by atoms with Crippen LogP contribution in [0.25, 0.3) is 49.3 Å². The Morgan fingerprint density at radius 3 is 2.26 bits per heavy atom. The number of rotatable bonds is 1. The Bertz CT molecular complexity index is 1470. The largest absolute Gasteiger partial charge is 0.354 e. The summed E-state index contributed by atoms with van der Waals surface area (Å²) in [4.78, 5) is 3.67. The zero-order valence-electron chi connectivity index (χ0n) is 14.4. The van der Waals surface area contributed by atoms with E-state index >= 15 is 0 Å². The van der Waals surface area contributed by atoms with Gasteiger partial charge in [0.05, 0.1) is 16.6 Å². The van der Waals surface area contributed by atoms with Crippen LogP contribution in [-0.2, 0) is 0 Å². The Kier molecular flexibility index (Phi) is 3.06. The minimum Gasteiger partial charge on any atom is -0.354 e. The summed E-state index contributed by atoms with van der Waals surface area (Å²) in [7, 11) is 0. The first-order valence-corrected chi connectivity index (χ1v) is 9.80. The monoisotopic (exact) mass is 410 g/mol. The average molecular weight is 411 g/mol. The van der Waals surface area contributed by atoms with Crippen LogP contribution in [0, 0.1) is 0 Å². The lowest BCUT2D eigenvalue weighted by molar-refractivity contribution is 1.18. The van der Waals surface area contributed by atoms with Gasteiger partial charge in [-0.3, -0.25) is 0 Å². The molecule has 0 unspecified atom stereocenters. The van der Waals surface area contributed by atoms with Gasteiger partial charge in [0.15, 0.2) is 0 Å². The van der Waals surface area contributed by atoms with Gasteiger partial charge in [-0.25, -0.2) is 0 Å². The summed E-state index contributed by atoms with van der Waals surface area (Å²) in [5, 5.41) is 5.02. The zero-order chi connectivity index (χ0) is 18.0. The SMILES string of the molecule is Brc1cc2c3ccccc3[nH]c2c2c3ccccc3n(-c3ccccc3)c12. The molecule has 0 radical (unpaired) electrons. The van der Waals surface area contributed by atoms with Crippen molar-refractivity contribution in [3.8, 4) is 5.69 Å². The number of fused-ring (bicyclic) bond motifs is 7. The number of hydrogen-bond acceptors (Lipinski definition) is 0. The van der Waals surface area contributed by atoms with Crippen molar-refractivity contribution >= 4 is 59.5 Å². The second-order valence-corrected chi connectivity index (χ2v) is 7.72. The van der Waals surface area contributed by atoms with Crippen molar-refractivity contribution < 1.29 is 0 Å². The van der Waals surface area contributed by atoms with Gasteiger partial charge < -0.3 is 9.55 Å². The Balaban J connectivity index is 1.93. The molecule has 2 nitrogen and oxygen atoms in total. The van der Waals surface area contributed by atoms with Crippen molar-refractivity contribution in [2.24, 2.45) is 0 Å². The second kappa shape index (κ2) is 5.48. The molecule has 0 aliphatic rings. The molecule has 0 bridgehead atoms. The van der Waals surface area contributed by atoms with E-state index in [1.54, 1.807) is 0 Å². The van der Waals surface area contributed by atoms with Crippen molar-refractivity contribution in [1.82, 2.24) is 9.55 Å². The van der Waals surface area contributed by atoms with Gasteiger partial charge >= 0.3 is 0 Å². The minimum atomic E-state index is 1.11. The van der Waals surface area contributed by atoms with E-state index in [1.807, 2.05) is 0 Å². The number of hydrogen-bond donors (Lipinski definition) is 1. The number of nitrogens with one attached hydrogen (secondary N) is 1. The molecule has 128 valence electrons. The third-order valence-electron chi connectivity index (χ3n) is 5.38.